The van der Waals surface area contributed by atoms with Gasteiger partial charge in [-0.1, -0.05) is 34.1 Å². The largest absolute Gasteiger partial charge is 0.396 e. The van der Waals surface area contributed by atoms with E-state index >= 15 is 0 Å². The first-order chi connectivity index (χ1) is 8.20. The molecule has 1 aromatic carbocycles. The molecule has 0 aliphatic carbocycles. The highest BCUT2D eigenvalue weighted by Gasteiger charge is 2.07. The maximum atomic E-state index is 11.2. The zero-order valence-corrected chi connectivity index (χ0v) is 11.2. The van der Waals surface area contributed by atoms with Crippen molar-refractivity contribution >= 4 is 43.0 Å². The van der Waals surface area contributed by atoms with Gasteiger partial charge in [-0.3, -0.25) is 4.79 Å². The fourth-order valence-corrected chi connectivity index (χ4v) is 3.72. The number of aliphatic hydroxyl groups is 1. The summed E-state index contributed by atoms with van der Waals surface area (Å²) in [6, 6.07) is 7.66. The van der Waals surface area contributed by atoms with Gasteiger partial charge in [-0.25, -0.2) is 0 Å². The van der Waals surface area contributed by atoms with Gasteiger partial charge >= 0.3 is 0 Å². The molecule has 6 heteroatoms. The minimum Gasteiger partial charge on any atom is -0.396 e. The second kappa shape index (κ2) is 5.64. The fraction of sp³-hybridized carbons (Fsp3) is 0.182. The molecule has 0 amide bonds. The first kappa shape index (κ1) is 12.6. The average molecular weight is 288 g/mol. The molecule has 0 bridgehead atoms. The molecule has 0 spiro atoms. The van der Waals surface area contributed by atoms with Gasteiger partial charge < -0.3 is 10.4 Å². The molecular formula is C11H10ClNO2S2. The molecular weight excluding hydrogens is 278 g/mol. The minimum atomic E-state index is -0.115. The third-order valence-electron chi connectivity index (χ3n) is 2.19. The Morgan fingerprint density at radius 2 is 1.94 bits per heavy atom. The average Bonchev–Trinajstić information content (AvgIpc) is 2.64. The SMILES string of the molecule is O=c1ssc(Nc2ccc(CCO)cc2)c1Cl. The van der Waals surface area contributed by atoms with E-state index in [1.54, 1.807) is 0 Å². The van der Waals surface area contributed by atoms with Crippen LogP contribution in [0, 0.1) is 0 Å². The highest BCUT2D eigenvalue weighted by molar-refractivity contribution is 7.70. The molecule has 90 valence electrons. The lowest BCUT2D eigenvalue weighted by molar-refractivity contribution is 0.299. The number of anilines is 2. The van der Waals surface area contributed by atoms with Crippen molar-refractivity contribution in [3.63, 3.8) is 0 Å². The summed E-state index contributed by atoms with van der Waals surface area (Å²) in [6.45, 7) is 0.144. The van der Waals surface area contributed by atoms with E-state index in [0.717, 1.165) is 21.6 Å². The molecule has 0 radical (unpaired) electrons. The number of hydrogen-bond acceptors (Lipinski definition) is 5. The van der Waals surface area contributed by atoms with Gasteiger partial charge in [0.1, 0.15) is 10.0 Å². The third kappa shape index (κ3) is 3.07. The van der Waals surface area contributed by atoms with E-state index in [1.807, 2.05) is 24.3 Å². The Balaban J connectivity index is 2.14. The van der Waals surface area contributed by atoms with Crippen molar-refractivity contribution in [1.29, 1.82) is 0 Å². The lowest BCUT2D eigenvalue weighted by Gasteiger charge is -2.04. The smallest absolute Gasteiger partial charge is 0.263 e. The molecule has 0 saturated carbocycles. The first-order valence-electron chi connectivity index (χ1n) is 4.96. The van der Waals surface area contributed by atoms with E-state index in [9.17, 15) is 4.79 Å². The van der Waals surface area contributed by atoms with Crippen LogP contribution in [0.15, 0.2) is 29.1 Å². The molecule has 0 aliphatic rings. The summed E-state index contributed by atoms with van der Waals surface area (Å²) >= 11 is 5.85. The summed E-state index contributed by atoms with van der Waals surface area (Å²) in [5.41, 5.74) is 1.95. The van der Waals surface area contributed by atoms with Gasteiger partial charge in [-0.2, -0.15) is 0 Å². The zero-order valence-electron chi connectivity index (χ0n) is 8.77. The first-order valence-corrected chi connectivity index (χ1v) is 7.49. The van der Waals surface area contributed by atoms with Crippen molar-refractivity contribution in [3.05, 3.63) is 44.4 Å². The fourth-order valence-electron chi connectivity index (χ4n) is 1.34. The Bertz CT molecular complexity index is 547. The lowest BCUT2D eigenvalue weighted by Crippen LogP contribution is -1.94. The van der Waals surface area contributed by atoms with Crippen LogP contribution in [-0.2, 0) is 6.42 Å². The summed E-state index contributed by atoms with van der Waals surface area (Å²) in [6.07, 6.45) is 0.646. The molecule has 2 aromatic rings. The Morgan fingerprint density at radius 3 is 2.47 bits per heavy atom. The molecule has 0 saturated heterocycles. The normalized spacial score (nSPS) is 10.5. The standard InChI is InChI=1S/C11H10ClNO2S2/c12-9-10(16-17-11(9)15)13-8-3-1-7(2-4-8)5-6-14/h1-4,13-14H,5-6H2. The van der Waals surface area contributed by atoms with Gasteiger partial charge in [-0.05, 0) is 34.5 Å². The summed E-state index contributed by atoms with van der Waals surface area (Å²) in [5, 5.41) is 12.8. The van der Waals surface area contributed by atoms with Crippen LogP contribution in [0.1, 0.15) is 5.56 Å². The van der Waals surface area contributed by atoms with E-state index < -0.39 is 0 Å². The van der Waals surface area contributed by atoms with Crippen LogP contribution in [0.5, 0.6) is 0 Å². The van der Waals surface area contributed by atoms with Gasteiger partial charge in [0.15, 0.2) is 0 Å². The molecule has 17 heavy (non-hydrogen) atoms. The predicted molar refractivity (Wildman–Crippen MR) is 74.0 cm³/mol. The monoisotopic (exact) mass is 287 g/mol. The van der Waals surface area contributed by atoms with E-state index in [0.29, 0.717) is 11.4 Å². The van der Waals surface area contributed by atoms with Crippen molar-refractivity contribution in [2.24, 2.45) is 0 Å². The molecule has 2 N–H and O–H groups in total. The van der Waals surface area contributed by atoms with Gasteiger partial charge in [0, 0.05) is 12.3 Å². The molecule has 1 heterocycles. The summed E-state index contributed by atoms with van der Waals surface area (Å²) in [5.74, 6) is 0. The van der Waals surface area contributed by atoms with E-state index in [2.05, 4.69) is 5.32 Å². The number of hydrogen-bond donors (Lipinski definition) is 2. The summed E-state index contributed by atoms with van der Waals surface area (Å²) < 4.78 is -0.115. The van der Waals surface area contributed by atoms with E-state index in [1.165, 1.54) is 10.3 Å². The number of halogens is 1. The van der Waals surface area contributed by atoms with E-state index in [-0.39, 0.29) is 16.4 Å². The number of nitrogens with one attached hydrogen (secondary N) is 1. The lowest BCUT2D eigenvalue weighted by atomic mass is 10.1. The molecule has 3 nitrogen and oxygen atoms in total. The van der Waals surface area contributed by atoms with Crippen LogP contribution in [0.3, 0.4) is 0 Å². The van der Waals surface area contributed by atoms with Crippen LogP contribution >= 0.6 is 32.3 Å². The van der Waals surface area contributed by atoms with Gasteiger partial charge in [0.05, 0.1) is 0 Å². The number of aliphatic hydroxyl groups excluding tert-OH is 1. The maximum Gasteiger partial charge on any atom is 0.263 e. The second-order valence-electron chi connectivity index (χ2n) is 3.39. The highest BCUT2D eigenvalue weighted by atomic mass is 35.5. The summed E-state index contributed by atoms with van der Waals surface area (Å²) in [7, 11) is 2.45. The topological polar surface area (TPSA) is 49.3 Å². The third-order valence-corrected chi connectivity index (χ3v) is 4.89. The maximum absolute atomic E-state index is 11.2. The van der Waals surface area contributed by atoms with Crippen molar-refractivity contribution < 1.29 is 5.11 Å². The van der Waals surface area contributed by atoms with Crippen LogP contribution in [-0.4, -0.2) is 11.7 Å². The Labute approximate surface area is 111 Å². The predicted octanol–water partition coefficient (Wildman–Crippen LogP) is 3.10. The van der Waals surface area contributed by atoms with Crippen LogP contribution < -0.4 is 10.1 Å². The molecule has 0 atom stereocenters. The molecule has 1 aromatic heterocycles. The molecule has 0 unspecified atom stereocenters. The van der Waals surface area contributed by atoms with Crippen LogP contribution in [0.25, 0.3) is 0 Å². The Morgan fingerprint density at radius 1 is 1.24 bits per heavy atom. The molecule has 0 fully saturated rings. The zero-order chi connectivity index (χ0) is 12.3. The van der Waals surface area contributed by atoms with Crippen molar-refractivity contribution in [3.8, 4) is 0 Å². The molecule has 0 aliphatic heterocycles. The van der Waals surface area contributed by atoms with E-state index in [4.69, 9.17) is 16.7 Å². The van der Waals surface area contributed by atoms with Gasteiger partial charge in [0.2, 0.25) is 0 Å². The van der Waals surface area contributed by atoms with Crippen molar-refractivity contribution in [2.75, 3.05) is 11.9 Å². The molecule has 2 rings (SSSR count). The number of benzene rings is 1. The van der Waals surface area contributed by atoms with Crippen LogP contribution in [0.4, 0.5) is 10.7 Å². The Hall–Kier alpha value is -0.880. The van der Waals surface area contributed by atoms with Crippen LogP contribution in [0.2, 0.25) is 5.02 Å². The van der Waals surface area contributed by atoms with Crippen molar-refractivity contribution in [2.45, 2.75) is 6.42 Å². The van der Waals surface area contributed by atoms with Crippen molar-refractivity contribution in [1.82, 2.24) is 0 Å². The quantitative estimate of drug-likeness (QED) is 0.850. The summed E-state index contributed by atoms with van der Waals surface area (Å²) in [4.78, 5) is 11.2. The second-order valence-corrected chi connectivity index (χ2v) is 5.88. The number of rotatable bonds is 4. The Kier molecular flexibility index (Phi) is 4.17. The van der Waals surface area contributed by atoms with Gasteiger partial charge in [-0.15, -0.1) is 0 Å². The highest BCUT2D eigenvalue weighted by Crippen LogP contribution is 2.30. The van der Waals surface area contributed by atoms with Gasteiger partial charge in [0.25, 0.3) is 4.74 Å². The minimum absolute atomic E-state index is 0.115.